The number of alkyl halides is 3. The van der Waals surface area contributed by atoms with Crippen LogP contribution in [0.5, 0.6) is 5.75 Å². The Morgan fingerprint density at radius 1 is 1.14 bits per heavy atom. The zero-order valence-electron chi connectivity index (χ0n) is 16.1. The molecule has 0 heterocycles. The van der Waals surface area contributed by atoms with Crippen LogP contribution in [0.3, 0.4) is 0 Å². The lowest BCUT2D eigenvalue weighted by molar-refractivity contribution is -0.139. The number of ether oxygens (including phenoxy) is 1. The van der Waals surface area contributed by atoms with Gasteiger partial charge in [-0.05, 0) is 24.1 Å². The van der Waals surface area contributed by atoms with Crippen LogP contribution < -0.4 is 10.5 Å². The molecule has 0 aromatic heterocycles. The van der Waals surface area contributed by atoms with Crippen molar-refractivity contribution < 1.29 is 32.6 Å². The van der Waals surface area contributed by atoms with Crippen molar-refractivity contribution >= 4 is 11.8 Å². The SMILES string of the molecule is CCCCCCCCOc1ccc(CC(=O)[C@@H](N)CC(=O)O)cc1C(F)(F)F. The van der Waals surface area contributed by atoms with Gasteiger partial charge in [-0.2, -0.15) is 13.2 Å². The van der Waals surface area contributed by atoms with Crippen LogP contribution in [0.25, 0.3) is 0 Å². The molecule has 0 spiro atoms. The van der Waals surface area contributed by atoms with Gasteiger partial charge in [0.1, 0.15) is 5.75 Å². The average molecular weight is 403 g/mol. The quantitative estimate of drug-likeness (QED) is 0.478. The lowest BCUT2D eigenvalue weighted by atomic mass is 10.00. The van der Waals surface area contributed by atoms with Crippen molar-refractivity contribution in [3.8, 4) is 5.75 Å². The molecule has 0 aliphatic carbocycles. The van der Waals surface area contributed by atoms with Crippen LogP contribution in [0, 0.1) is 0 Å². The number of Topliss-reactive ketones (excluding diaryl/α,β-unsaturated/α-hetero) is 1. The first-order chi connectivity index (χ1) is 13.1. The number of carboxylic acid groups (broad SMARTS) is 1. The molecule has 1 atom stereocenters. The first-order valence-electron chi connectivity index (χ1n) is 9.48. The maximum atomic E-state index is 13.3. The summed E-state index contributed by atoms with van der Waals surface area (Å²) in [5.74, 6) is -2.14. The van der Waals surface area contributed by atoms with Crippen LogP contribution in [-0.2, 0) is 22.2 Å². The lowest BCUT2D eigenvalue weighted by Crippen LogP contribution is -2.34. The van der Waals surface area contributed by atoms with Gasteiger partial charge in [-0.3, -0.25) is 9.59 Å². The molecule has 0 amide bonds. The molecule has 8 heteroatoms. The molecule has 0 aliphatic heterocycles. The van der Waals surface area contributed by atoms with Gasteiger partial charge < -0.3 is 15.6 Å². The second-order valence-corrected chi connectivity index (χ2v) is 6.79. The number of hydrogen-bond acceptors (Lipinski definition) is 4. The Labute approximate surface area is 163 Å². The van der Waals surface area contributed by atoms with Crippen molar-refractivity contribution in [1.29, 1.82) is 0 Å². The van der Waals surface area contributed by atoms with Gasteiger partial charge in [0.2, 0.25) is 0 Å². The van der Waals surface area contributed by atoms with E-state index >= 15 is 0 Å². The highest BCUT2D eigenvalue weighted by Gasteiger charge is 2.35. The summed E-state index contributed by atoms with van der Waals surface area (Å²) >= 11 is 0. The normalized spacial score (nSPS) is 12.6. The summed E-state index contributed by atoms with van der Waals surface area (Å²) < 4.78 is 45.4. The van der Waals surface area contributed by atoms with E-state index in [9.17, 15) is 22.8 Å². The molecule has 0 bridgehead atoms. The van der Waals surface area contributed by atoms with Gasteiger partial charge >= 0.3 is 12.1 Å². The monoisotopic (exact) mass is 403 g/mol. The lowest BCUT2D eigenvalue weighted by Gasteiger charge is -2.16. The molecule has 0 fully saturated rings. The number of halogens is 3. The topological polar surface area (TPSA) is 89.6 Å². The Morgan fingerprint density at radius 3 is 2.39 bits per heavy atom. The molecular weight excluding hydrogens is 375 g/mol. The summed E-state index contributed by atoms with van der Waals surface area (Å²) in [6.45, 7) is 2.30. The van der Waals surface area contributed by atoms with E-state index in [0.717, 1.165) is 38.2 Å². The highest BCUT2D eigenvalue weighted by atomic mass is 19.4. The number of rotatable bonds is 13. The number of carboxylic acids is 1. The number of aliphatic carboxylic acids is 1. The third kappa shape index (κ3) is 8.73. The van der Waals surface area contributed by atoms with Crippen molar-refractivity contribution in [3.63, 3.8) is 0 Å². The minimum Gasteiger partial charge on any atom is -0.493 e. The van der Waals surface area contributed by atoms with E-state index in [0.29, 0.717) is 6.42 Å². The maximum absolute atomic E-state index is 13.3. The van der Waals surface area contributed by atoms with Crippen LogP contribution in [0.2, 0.25) is 0 Å². The summed E-state index contributed by atoms with van der Waals surface area (Å²) in [7, 11) is 0. The van der Waals surface area contributed by atoms with Crippen LogP contribution in [0.4, 0.5) is 13.2 Å². The largest absolute Gasteiger partial charge is 0.493 e. The third-order valence-corrected chi connectivity index (χ3v) is 4.29. The van der Waals surface area contributed by atoms with E-state index in [2.05, 4.69) is 6.92 Å². The van der Waals surface area contributed by atoms with Gasteiger partial charge in [-0.1, -0.05) is 45.1 Å². The van der Waals surface area contributed by atoms with Crippen molar-refractivity contribution in [2.24, 2.45) is 5.73 Å². The number of unbranched alkanes of at least 4 members (excludes halogenated alkanes) is 5. The second kappa shape index (κ2) is 11.7. The average Bonchev–Trinajstić information content (AvgIpc) is 2.60. The molecule has 158 valence electrons. The van der Waals surface area contributed by atoms with Crippen LogP contribution in [0.1, 0.15) is 63.0 Å². The number of carbonyl (C=O) groups excluding carboxylic acids is 1. The van der Waals surface area contributed by atoms with Gasteiger partial charge in [0.25, 0.3) is 0 Å². The van der Waals surface area contributed by atoms with E-state index in [4.69, 9.17) is 15.6 Å². The highest BCUT2D eigenvalue weighted by Crippen LogP contribution is 2.37. The molecule has 0 aliphatic rings. The van der Waals surface area contributed by atoms with Crippen molar-refractivity contribution in [2.75, 3.05) is 6.61 Å². The predicted octanol–water partition coefficient (Wildman–Crippen LogP) is 4.36. The molecule has 0 saturated carbocycles. The number of ketones is 1. The third-order valence-electron chi connectivity index (χ3n) is 4.29. The highest BCUT2D eigenvalue weighted by molar-refractivity contribution is 5.89. The predicted molar refractivity (Wildman–Crippen MR) is 99.3 cm³/mol. The van der Waals surface area contributed by atoms with Gasteiger partial charge in [0.15, 0.2) is 5.78 Å². The van der Waals surface area contributed by atoms with E-state index in [-0.39, 0.29) is 24.3 Å². The molecule has 1 rings (SSSR count). The Morgan fingerprint density at radius 2 is 1.79 bits per heavy atom. The van der Waals surface area contributed by atoms with E-state index in [1.54, 1.807) is 0 Å². The van der Waals surface area contributed by atoms with Gasteiger partial charge in [-0.25, -0.2) is 0 Å². The molecule has 1 aromatic rings. The van der Waals surface area contributed by atoms with Crippen molar-refractivity contribution in [2.45, 2.75) is 70.5 Å². The molecule has 3 N–H and O–H groups in total. The summed E-state index contributed by atoms with van der Waals surface area (Å²) in [5, 5.41) is 8.65. The van der Waals surface area contributed by atoms with E-state index in [1.807, 2.05) is 0 Å². The minimum atomic E-state index is -4.63. The maximum Gasteiger partial charge on any atom is 0.419 e. The van der Waals surface area contributed by atoms with Crippen molar-refractivity contribution in [3.05, 3.63) is 29.3 Å². The Kier molecular flexibility index (Phi) is 9.99. The molecule has 0 unspecified atom stereocenters. The van der Waals surface area contributed by atoms with Crippen LogP contribution in [-0.4, -0.2) is 29.5 Å². The molecule has 0 saturated heterocycles. The smallest absolute Gasteiger partial charge is 0.419 e. The summed E-state index contributed by atoms with van der Waals surface area (Å²) in [6, 6.07) is 2.18. The number of carbonyl (C=O) groups is 2. The zero-order valence-corrected chi connectivity index (χ0v) is 16.1. The van der Waals surface area contributed by atoms with E-state index < -0.39 is 36.0 Å². The molecular formula is C20H28F3NO4. The Hall–Kier alpha value is -2.09. The van der Waals surface area contributed by atoms with Crippen LogP contribution in [0.15, 0.2) is 18.2 Å². The van der Waals surface area contributed by atoms with Crippen molar-refractivity contribution in [1.82, 2.24) is 0 Å². The molecule has 0 radical (unpaired) electrons. The molecule has 5 nitrogen and oxygen atoms in total. The first kappa shape index (κ1) is 23.9. The van der Waals surface area contributed by atoms with Crippen LogP contribution >= 0.6 is 0 Å². The van der Waals surface area contributed by atoms with Gasteiger partial charge in [-0.15, -0.1) is 0 Å². The van der Waals surface area contributed by atoms with E-state index in [1.165, 1.54) is 12.1 Å². The molecule has 28 heavy (non-hydrogen) atoms. The summed E-state index contributed by atoms with van der Waals surface area (Å²) in [5.41, 5.74) is 4.63. The fourth-order valence-corrected chi connectivity index (χ4v) is 2.73. The number of benzene rings is 1. The second-order valence-electron chi connectivity index (χ2n) is 6.79. The van der Waals surface area contributed by atoms with Gasteiger partial charge in [0, 0.05) is 6.42 Å². The fourth-order valence-electron chi connectivity index (χ4n) is 2.73. The number of hydrogen-bond donors (Lipinski definition) is 2. The summed E-state index contributed by atoms with van der Waals surface area (Å²) in [6.07, 6.45) is 0.425. The fraction of sp³-hybridized carbons (Fsp3) is 0.600. The molecule has 1 aromatic carbocycles. The standard InChI is InChI=1S/C20H28F3NO4/c1-2-3-4-5-6-7-10-28-18-9-8-14(11-15(18)20(21,22)23)12-17(25)16(24)13-19(26)27/h8-9,11,16H,2-7,10,12-13,24H2,1H3,(H,26,27)/t16-/m0/s1. The summed E-state index contributed by atoms with van der Waals surface area (Å²) in [4.78, 5) is 22.5. The zero-order chi connectivity index (χ0) is 21.2. The Balaban J connectivity index is 2.72. The van der Waals surface area contributed by atoms with Gasteiger partial charge in [0.05, 0.1) is 24.6 Å². The Bertz CT molecular complexity index is 647. The minimum absolute atomic E-state index is 0.116. The first-order valence-corrected chi connectivity index (χ1v) is 9.48. The number of nitrogens with two attached hydrogens (primary N) is 1.